The van der Waals surface area contributed by atoms with E-state index in [0.29, 0.717) is 30.4 Å². The number of nitrogens with zero attached hydrogens (tertiary/aromatic N) is 4. The van der Waals surface area contributed by atoms with Crippen molar-refractivity contribution in [1.82, 2.24) is 19.5 Å². The number of imidazole rings is 1. The summed E-state index contributed by atoms with van der Waals surface area (Å²) in [5, 5.41) is 3.50. The Morgan fingerprint density at radius 3 is 2.30 bits per heavy atom. The summed E-state index contributed by atoms with van der Waals surface area (Å²) in [6.45, 7) is 0.611. The Balaban J connectivity index is 1.30. The van der Waals surface area contributed by atoms with Crippen LogP contribution in [0.3, 0.4) is 0 Å². The molecule has 8 heteroatoms. The lowest BCUT2D eigenvalue weighted by Crippen LogP contribution is -2.27. The second-order valence-corrected chi connectivity index (χ2v) is 10.6. The highest BCUT2D eigenvalue weighted by Crippen LogP contribution is 2.40. The summed E-state index contributed by atoms with van der Waals surface area (Å²) in [6.07, 6.45) is 9.04. The van der Waals surface area contributed by atoms with Crippen LogP contribution in [0.5, 0.6) is 0 Å². The van der Waals surface area contributed by atoms with Gasteiger partial charge in [0.05, 0.1) is 0 Å². The lowest BCUT2D eigenvalue weighted by atomic mass is 9.86. The lowest BCUT2D eigenvalue weighted by molar-refractivity contribution is 0.367. The number of nitrogens with one attached hydrogen (secondary N) is 1. The van der Waals surface area contributed by atoms with E-state index in [0.717, 1.165) is 77.9 Å². The maximum atomic E-state index is 6.23. The number of nitrogens with two attached hydrogens (primary N) is 3. The van der Waals surface area contributed by atoms with Crippen molar-refractivity contribution in [3.05, 3.63) is 59.9 Å². The number of hydrogen-bond acceptors (Lipinski definition) is 7. The number of benzene rings is 2. The Morgan fingerprint density at radius 1 is 0.838 bits per heavy atom. The van der Waals surface area contributed by atoms with Crippen LogP contribution < -0.4 is 22.5 Å². The molecule has 2 aliphatic rings. The van der Waals surface area contributed by atoms with Crippen molar-refractivity contribution in [2.45, 2.75) is 75.9 Å². The van der Waals surface area contributed by atoms with Crippen molar-refractivity contribution in [2.24, 2.45) is 5.73 Å². The maximum absolute atomic E-state index is 6.23. The van der Waals surface area contributed by atoms with E-state index in [1.54, 1.807) is 0 Å². The first-order valence-electron chi connectivity index (χ1n) is 13.6. The van der Waals surface area contributed by atoms with E-state index in [4.69, 9.17) is 27.2 Å². The molecule has 0 spiro atoms. The van der Waals surface area contributed by atoms with E-state index in [-0.39, 0.29) is 5.95 Å². The molecule has 4 aromatic rings. The second-order valence-electron chi connectivity index (χ2n) is 10.6. The first kappa shape index (κ1) is 23.7. The molecule has 6 rings (SSSR count). The fraction of sp³-hybridized carbons (Fsp3) is 0.414. The Kier molecular flexibility index (Phi) is 6.42. The maximum Gasteiger partial charge on any atom is 0.224 e. The molecule has 2 fully saturated rings. The zero-order chi connectivity index (χ0) is 25.4. The van der Waals surface area contributed by atoms with Crippen LogP contribution in [-0.4, -0.2) is 25.6 Å². The molecule has 2 heterocycles. The summed E-state index contributed by atoms with van der Waals surface area (Å²) < 4.78 is 2.39. The van der Waals surface area contributed by atoms with E-state index < -0.39 is 0 Å². The van der Waals surface area contributed by atoms with E-state index in [1.165, 1.54) is 12.8 Å². The average Bonchev–Trinajstić information content (AvgIpc) is 3.56. The molecule has 2 aliphatic carbocycles. The van der Waals surface area contributed by atoms with Gasteiger partial charge in [-0.15, -0.1) is 0 Å². The number of para-hydroxylation sites is 1. The zero-order valence-electron chi connectivity index (χ0n) is 21.2. The molecule has 0 amide bonds. The third-order valence-electron chi connectivity index (χ3n) is 8.10. The van der Waals surface area contributed by atoms with Gasteiger partial charge in [-0.3, -0.25) is 0 Å². The number of hydrogen-bond donors (Lipinski definition) is 4. The topological polar surface area (TPSA) is 134 Å². The molecule has 0 aliphatic heterocycles. The Bertz CT molecular complexity index is 1380. The summed E-state index contributed by atoms with van der Waals surface area (Å²) in [7, 11) is 0. The van der Waals surface area contributed by atoms with Crippen LogP contribution >= 0.6 is 0 Å². The van der Waals surface area contributed by atoms with Gasteiger partial charge in [-0.1, -0.05) is 55.3 Å². The molecule has 2 aromatic heterocycles. The largest absolute Gasteiger partial charge is 0.398 e. The summed E-state index contributed by atoms with van der Waals surface area (Å²) >= 11 is 0. The number of nitrogen functional groups attached to an aromatic ring is 2. The van der Waals surface area contributed by atoms with E-state index >= 15 is 0 Å². The summed E-state index contributed by atoms with van der Waals surface area (Å²) in [4.78, 5) is 14.5. The predicted molar refractivity (Wildman–Crippen MR) is 150 cm³/mol. The van der Waals surface area contributed by atoms with Crippen molar-refractivity contribution >= 4 is 28.6 Å². The van der Waals surface area contributed by atoms with Crippen LogP contribution in [-0.2, 0) is 6.54 Å². The molecule has 2 aromatic carbocycles. The number of rotatable bonds is 6. The average molecular weight is 497 g/mol. The molecule has 0 atom stereocenters. The second kappa shape index (κ2) is 10.0. The normalized spacial score (nSPS) is 20.5. The minimum absolute atomic E-state index is 0.279. The summed E-state index contributed by atoms with van der Waals surface area (Å²) in [5.41, 5.74) is 24.4. The van der Waals surface area contributed by atoms with Gasteiger partial charge in [-0.2, -0.15) is 9.97 Å². The summed E-state index contributed by atoms with van der Waals surface area (Å²) in [5.74, 6) is 2.52. The van der Waals surface area contributed by atoms with Gasteiger partial charge in [0.15, 0.2) is 17.0 Å². The van der Waals surface area contributed by atoms with Gasteiger partial charge >= 0.3 is 0 Å². The molecule has 7 N–H and O–H groups in total. The first-order valence-corrected chi connectivity index (χ1v) is 13.6. The number of anilines is 3. The SMILES string of the molecule is Nc1nc(NCc2ccc(-c3ccccc3N)cc2)c2nc(C3CCC(N)CC3)n(C3CCCC3)c2n1. The molecular weight excluding hydrogens is 460 g/mol. The highest BCUT2D eigenvalue weighted by atomic mass is 15.2. The van der Waals surface area contributed by atoms with Gasteiger partial charge in [-0.25, -0.2) is 4.98 Å². The molecule has 0 radical (unpaired) electrons. The van der Waals surface area contributed by atoms with E-state index in [2.05, 4.69) is 39.1 Å². The molecule has 37 heavy (non-hydrogen) atoms. The zero-order valence-corrected chi connectivity index (χ0v) is 21.2. The minimum Gasteiger partial charge on any atom is -0.398 e. The van der Waals surface area contributed by atoms with Gasteiger partial charge in [0.25, 0.3) is 0 Å². The molecule has 192 valence electrons. The van der Waals surface area contributed by atoms with Crippen molar-refractivity contribution < 1.29 is 0 Å². The quantitative estimate of drug-likeness (QED) is 0.264. The third kappa shape index (κ3) is 4.73. The molecule has 8 nitrogen and oxygen atoms in total. The van der Waals surface area contributed by atoms with Crippen LogP contribution in [0.1, 0.15) is 74.7 Å². The monoisotopic (exact) mass is 496 g/mol. The molecule has 0 saturated heterocycles. The number of fused-ring (bicyclic) bond motifs is 1. The van der Waals surface area contributed by atoms with Crippen molar-refractivity contribution in [1.29, 1.82) is 0 Å². The number of aromatic nitrogens is 4. The van der Waals surface area contributed by atoms with Crippen LogP contribution in [0.4, 0.5) is 17.5 Å². The lowest BCUT2D eigenvalue weighted by Gasteiger charge is -2.27. The van der Waals surface area contributed by atoms with Crippen LogP contribution in [0, 0.1) is 0 Å². The molecular formula is C29H36N8. The fourth-order valence-corrected chi connectivity index (χ4v) is 6.07. The smallest absolute Gasteiger partial charge is 0.224 e. The Morgan fingerprint density at radius 2 is 1.57 bits per heavy atom. The molecule has 0 unspecified atom stereocenters. The van der Waals surface area contributed by atoms with Gasteiger partial charge < -0.3 is 27.1 Å². The highest BCUT2D eigenvalue weighted by molar-refractivity contribution is 5.85. The van der Waals surface area contributed by atoms with Gasteiger partial charge in [0, 0.05) is 35.8 Å². The van der Waals surface area contributed by atoms with Crippen LogP contribution in [0.25, 0.3) is 22.3 Å². The standard InChI is InChI=1S/C29H36N8/c30-21-15-13-20(14-16-21)27-34-25-26(35-29(32)36-28(25)37(27)22-5-1-2-6-22)33-17-18-9-11-19(12-10-18)23-7-3-4-8-24(23)31/h3-4,7-12,20-22H,1-2,5-6,13-17,30-31H2,(H3,32,33,35,36). The van der Waals surface area contributed by atoms with Gasteiger partial charge in [0.1, 0.15) is 5.82 Å². The summed E-state index contributed by atoms with van der Waals surface area (Å²) in [6, 6.07) is 17.1. The van der Waals surface area contributed by atoms with E-state index in [9.17, 15) is 0 Å². The van der Waals surface area contributed by atoms with Gasteiger partial charge in [-0.05, 0) is 55.7 Å². The Labute approximate surface area is 217 Å². The fourth-order valence-electron chi connectivity index (χ4n) is 6.07. The van der Waals surface area contributed by atoms with Gasteiger partial charge in [0.2, 0.25) is 5.95 Å². The minimum atomic E-state index is 0.279. The third-order valence-corrected chi connectivity index (χ3v) is 8.10. The van der Waals surface area contributed by atoms with Crippen molar-refractivity contribution in [3.8, 4) is 11.1 Å². The Hall–Kier alpha value is -3.65. The van der Waals surface area contributed by atoms with Crippen molar-refractivity contribution in [3.63, 3.8) is 0 Å². The molecule has 2 saturated carbocycles. The van der Waals surface area contributed by atoms with Crippen molar-refractivity contribution in [2.75, 3.05) is 16.8 Å². The van der Waals surface area contributed by atoms with E-state index in [1.807, 2.05) is 24.3 Å². The van der Waals surface area contributed by atoms with Crippen LogP contribution in [0.2, 0.25) is 0 Å². The molecule has 0 bridgehead atoms. The predicted octanol–water partition coefficient (Wildman–Crippen LogP) is 5.37. The highest BCUT2D eigenvalue weighted by Gasteiger charge is 2.31. The first-order chi connectivity index (χ1) is 18.1. The van der Waals surface area contributed by atoms with Crippen LogP contribution in [0.15, 0.2) is 48.5 Å².